The number of ether oxygens (including phenoxy) is 3. The summed E-state index contributed by atoms with van der Waals surface area (Å²) in [5, 5.41) is 8.18. The van der Waals surface area contributed by atoms with Crippen LogP contribution in [0, 0.1) is 0 Å². The van der Waals surface area contributed by atoms with Crippen molar-refractivity contribution in [2.24, 2.45) is 12.0 Å². The van der Waals surface area contributed by atoms with E-state index < -0.39 is 0 Å². The molecule has 3 rings (SSSR count). The molecule has 0 amide bonds. The molecule has 29 heavy (non-hydrogen) atoms. The van der Waals surface area contributed by atoms with Crippen molar-refractivity contribution >= 4 is 17.6 Å². The number of aryl methyl sites for hydroxylation is 1. The van der Waals surface area contributed by atoms with Gasteiger partial charge in [-0.1, -0.05) is 11.6 Å². The van der Waals surface area contributed by atoms with Crippen LogP contribution in [0.4, 0.5) is 0 Å². The molecule has 1 aliphatic rings. The lowest BCUT2D eigenvalue weighted by Crippen LogP contribution is -2.47. The van der Waals surface area contributed by atoms with Gasteiger partial charge in [0.15, 0.2) is 17.5 Å². The molecule has 1 saturated heterocycles. The summed E-state index contributed by atoms with van der Waals surface area (Å²) in [4.78, 5) is 6.63. The van der Waals surface area contributed by atoms with Gasteiger partial charge in [0.25, 0.3) is 0 Å². The fourth-order valence-electron chi connectivity index (χ4n) is 3.32. The second-order valence-corrected chi connectivity index (χ2v) is 7.10. The first kappa shape index (κ1) is 21.3. The van der Waals surface area contributed by atoms with Gasteiger partial charge in [0.1, 0.15) is 6.10 Å². The second kappa shape index (κ2) is 9.84. The van der Waals surface area contributed by atoms with E-state index in [-0.39, 0.29) is 6.10 Å². The maximum absolute atomic E-state index is 6.38. The Morgan fingerprint density at radius 2 is 2.28 bits per heavy atom. The van der Waals surface area contributed by atoms with Gasteiger partial charge in [-0.25, -0.2) is 0 Å². The van der Waals surface area contributed by atoms with E-state index in [1.54, 1.807) is 18.8 Å². The standard InChI is InChI=1S/C20H28ClN5O3/c1-5-28-19-16(21)8-14(9-17(19)27-4)10-23-20(22-2)26-6-7-29-18(13-26)15-11-24-25(3)12-15/h8-9,11-12,18H,5-7,10,13H2,1-4H3,(H,22,23). The summed E-state index contributed by atoms with van der Waals surface area (Å²) in [6.07, 6.45) is 3.80. The van der Waals surface area contributed by atoms with Crippen LogP contribution < -0.4 is 14.8 Å². The van der Waals surface area contributed by atoms with Gasteiger partial charge < -0.3 is 24.4 Å². The molecule has 2 heterocycles. The van der Waals surface area contributed by atoms with E-state index in [4.69, 9.17) is 25.8 Å². The summed E-state index contributed by atoms with van der Waals surface area (Å²) in [6, 6.07) is 3.81. The number of methoxy groups -OCH3 is 1. The van der Waals surface area contributed by atoms with Gasteiger partial charge >= 0.3 is 0 Å². The van der Waals surface area contributed by atoms with Crippen molar-refractivity contribution in [1.29, 1.82) is 0 Å². The maximum Gasteiger partial charge on any atom is 0.194 e. The number of nitrogens with one attached hydrogen (secondary N) is 1. The van der Waals surface area contributed by atoms with Crippen LogP contribution in [0.25, 0.3) is 0 Å². The summed E-state index contributed by atoms with van der Waals surface area (Å²) in [5.41, 5.74) is 2.05. The molecule has 0 spiro atoms. The first-order valence-electron chi connectivity index (χ1n) is 9.60. The molecule has 1 aromatic carbocycles. The number of benzene rings is 1. The number of morpholine rings is 1. The number of hydrogen-bond donors (Lipinski definition) is 1. The molecule has 0 radical (unpaired) electrons. The zero-order valence-corrected chi connectivity index (χ0v) is 18.1. The molecular weight excluding hydrogens is 394 g/mol. The van der Waals surface area contributed by atoms with Gasteiger partial charge in [-0.15, -0.1) is 0 Å². The van der Waals surface area contributed by atoms with Gasteiger partial charge in [-0.05, 0) is 24.6 Å². The Hall–Kier alpha value is -2.45. The van der Waals surface area contributed by atoms with Crippen molar-refractivity contribution in [2.75, 3.05) is 40.5 Å². The summed E-state index contributed by atoms with van der Waals surface area (Å²) >= 11 is 6.38. The summed E-state index contributed by atoms with van der Waals surface area (Å²) in [6.45, 7) is 5.10. The zero-order chi connectivity index (χ0) is 20.8. The SMILES string of the molecule is CCOc1c(Cl)cc(CNC(=NC)N2CCOC(c3cnn(C)c3)C2)cc1OC. The van der Waals surface area contributed by atoms with Gasteiger partial charge in [0.2, 0.25) is 0 Å². The van der Waals surface area contributed by atoms with Crippen LogP contribution in [-0.4, -0.2) is 61.1 Å². The molecule has 2 aromatic rings. The fourth-order valence-corrected chi connectivity index (χ4v) is 3.61. The van der Waals surface area contributed by atoms with Crippen molar-refractivity contribution in [3.05, 3.63) is 40.7 Å². The first-order chi connectivity index (χ1) is 14.0. The molecule has 0 saturated carbocycles. The molecule has 0 aliphatic carbocycles. The van der Waals surface area contributed by atoms with E-state index in [9.17, 15) is 0 Å². The predicted molar refractivity (Wildman–Crippen MR) is 113 cm³/mol. The third-order valence-corrected chi connectivity index (χ3v) is 4.98. The Balaban J connectivity index is 1.66. The summed E-state index contributed by atoms with van der Waals surface area (Å²) in [7, 11) is 5.29. The minimum absolute atomic E-state index is 0.0315. The van der Waals surface area contributed by atoms with E-state index in [2.05, 4.69) is 20.3 Å². The largest absolute Gasteiger partial charge is 0.493 e. The van der Waals surface area contributed by atoms with Crippen LogP contribution in [0.1, 0.15) is 24.2 Å². The van der Waals surface area contributed by atoms with Crippen molar-refractivity contribution < 1.29 is 14.2 Å². The number of nitrogens with zero attached hydrogens (tertiary/aromatic N) is 4. The van der Waals surface area contributed by atoms with Crippen molar-refractivity contribution in [2.45, 2.75) is 19.6 Å². The number of halogens is 1. The molecule has 158 valence electrons. The predicted octanol–water partition coefficient (Wildman–Crippen LogP) is 2.63. The lowest BCUT2D eigenvalue weighted by atomic mass is 10.1. The summed E-state index contributed by atoms with van der Waals surface area (Å²) < 4.78 is 18.7. The van der Waals surface area contributed by atoms with Crippen LogP contribution in [0.5, 0.6) is 11.5 Å². The highest BCUT2D eigenvalue weighted by Gasteiger charge is 2.25. The minimum atomic E-state index is -0.0315. The summed E-state index contributed by atoms with van der Waals surface area (Å²) in [5.74, 6) is 2.00. The smallest absolute Gasteiger partial charge is 0.194 e. The van der Waals surface area contributed by atoms with Gasteiger partial charge in [0, 0.05) is 38.9 Å². The highest BCUT2D eigenvalue weighted by Crippen LogP contribution is 2.36. The number of hydrogen-bond acceptors (Lipinski definition) is 5. The van der Waals surface area contributed by atoms with Crippen molar-refractivity contribution in [3.8, 4) is 11.5 Å². The van der Waals surface area contributed by atoms with Crippen LogP contribution in [-0.2, 0) is 18.3 Å². The number of rotatable bonds is 6. The maximum atomic E-state index is 6.38. The monoisotopic (exact) mass is 421 g/mol. The number of aliphatic imine (C=N–C) groups is 1. The molecule has 1 aromatic heterocycles. The Morgan fingerprint density at radius 1 is 1.45 bits per heavy atom. The van der Waals surface area contributed by atoms with E-state index in [0.29, 0.717) is 42.8 Å². The van der Waals surface area contributed by atoms with Crippen LogP contribution in [0.3, 0.4) is 0 Å². The van der Waals surface area contributed by atoms with Crippen molar-refractivity contribution in [3.63, 3.8) is 0 Å². The first-order valence-corrected chi connectivity index (χ1v) is 9.98. The molecule has 1 atom stereocenters. The van der Waals surface area contributed by atoms with E-state index in [1.165, 1.54) is 0 Å². The Kier molecular flexibility index (Phi) is 7.22. The van der Waals surface area contributed by atoms with E-state index in [1.807, 2.05) is 38.5 Å². The normalized spacial score (nSPS) is 17.3. The second-order valence-electron chi connectivity index (χ2n) is 6.70. The topological polar surface area (TPSA) is 73.1 Å². The number of guanidine groups is 1. The van der Waals surface area contributed by atoms with Gasteiger partial charge in [-0.2, -0.15) is 5.10 Å². The molecule has 1 unspecified atom stereocenters. The van der Waals surface area contributed by atoms with Gasteiger partial charge in [-0.3, -0.25) is 9.67 Å². The third kappa shape index (κ3) is 5.13. The van der Waals surface area contributed by atoms with E-state index in [0.717, 1.165) is 23.6 Å². The Morgan fingerprint density at radius 3 is 2.93 bits per heavy atom. The molecule has 1 aliphatic heterocycles. The molecular formula is C20H28ClN5O3. The quantitative estimate of drug-likeness (QED) is 0.571. The van der Waals surface area contributed by atoms with Gasteiger partial charge in [0.05, 0.1) is 38.1 Å². The highest BCUT2D eigenvalue weighted by atomic mass is 35.5. The highest BCUT2D eigenvalue weighted by molar-refractivity contribution is 6.32. The molecule has 8 nitrogen and oxygen atoms in total. The molecule has 1 fully saturated rings. The lowest BCUT2D eigenvalue weighted by molar-refractivity contribution is -0.00805. The fraction of sp³-hybridized carbons (Fsp3) is 0.500. The third-order valence-electron chi connectivity index (χ3n) is 4.70. The van der Waals surface area contributed by atoms with Crippen LogP contribution in [0.2, 0.25) is 5.02 Å². The molecule has 0 bridgehead atoms. The van der Waals surface area contributed by atoms with Crippen LogP contribution >= 0.6 is 11.6 Å². The van der Waals surface area contributed by atoms with Crippen molar-refractivity contribution in [1.82, 2.24) is 20.0 Å². The van der Waals surface area contributed by atoms with Crippen LogP contribution in [0.15, 0.2) is 29.5 Å². The molecule has 9 heteroatoms. The van der Waals surface area contributed by atoms with E-state index >= 15 is 0 Å². The Bertz CT molecular complexity index is 855. The Labute approximate surface area is 176 Å². The zero-order valence-electron chi connectivity index (χ0n) is 17.3. The minimum Gasteiger partial charge on any atom is -0.493 e. The lowest BCUT2D eigenvalue weighted by Gasteiger charge is -2.34. The molecule has 1 N–H and O–H groups in total. The average Bonchev–Trinajstić information content (AvgIpc) is 3.17. The number of aromatic nitrogens is 2. The average molecular weight is 422 g/mol.